The minimum atomic E-state index is 0.903. The molecule has 3 heteroatoms. The van der Waals surface area contributed by atoms with Crippen molar-refractivity contribution in [3.8, 4) is 0 Å². The fourth-order valence-corrected chi connectivity index (χ4v) is 1.61. The first-order valence-corrected chi connectivity index (χ1v) is 5.81. The SMILES string of the molecule is CCCN(CC)CCNCc1ccoc1. The van der Waals surface area contributed by atoms with Crippen LogP contribution in [0.25, 0.3) is 0 Å². The van der Waals surface area contributed by atoms with Crippen molar-refractivity contribution in [2.24, 2.45) is 0 Å². The van der Waals surface area contributed by atoms with Gasteiger partial charge in [-0.1, -0.05) is 13.8 Å². The second-order valence-corrected chi connectivity index (χ2v) is 3.74. The summed E-state index contributed by atoms with van der Waals surface area (Å²) in [5.41, 5.74) is 1.22. The molecular formula is C12H22N2O. The van der Waals surface area contributed by atoms with Crippen molar-refractivity contribution >= 4 is 0 Å². The molecule has 0 aliphatic rings. The van der Waals surface area contributed by atoms with Crippen LogP contribution in [0, 0.1) is 0 Å². The average Bonchev–Trinajstić information content (AvgIpc) is 2.75. The van der Waals surface area contributed by atoms with Crippen molar-refractivity contribution < 1.29 is 4.42 Å². The molecule has 0 radical (unpaired) electrons. The van der Waals surface area contributed by atoms with Crippen LogP contribution >= 0.6 is 0 Å². The van der Waals surface area contributed by atoms with E-state index < -0.39 is 0 Å². The molecule has 86 valence electrons. The van der Waals surface area contributed by atoms with Crippen LogP contribution in [0.4, 0.5) is 0 Å². The molecule has 0 atom stereocenters. The number of nitrogens with one attached hydrogen (secondary N) is 1. The molecule has 0 unspecified atom stereocenters. The van der Waals surface area contributed by atoms with Crippen LogP contribution in [-0.4, -0.2) is 31.1 Å². The van der Waals surface area contributed by atoms with Crippen LogP contribution in [0.3, 0.4) is 0 Å². The lowest BCUT2D eigenvalue weighted by atomic mass is 10.3. The van der Waals surface area contributed by atoms with E-state index in [1.165, 1.54) is 18.5 Å². The first kappa shape index (κ1) is 12.3. The summed E-state index contributed by atoms with van der Waals surface area (Å²) in [6, 6.07) is 2.00. The number of hydrogen-bond acceptors (Lipinski definition) is 3. The molecule has 3 nitrogen and oxygen atoms in total. The zero-order valence-electron chi connectivity index (χ0n) is 9.83. The molecule has 1 rings (SSSR count). The van der Waals surface area contributed by atoms with Crippen molar-refractivity contribution in [3.63, 3.8) is 0 Å². The molecule has 1 aromatic heterocycles. The van der Waals surface area contributed by atoms with Gasteiger partial charge in [0.2, 0.25) is 0 Å². The molecule has 1 N–H and O–H groups in total. The second-order valence-electron chi connectivity index (χ2n) is 3.74. The van der Waals surface area contributed by atoms with Crippen LogP contribution in [-0.2, 0) is 6.54 Å². The third-order valence-corrected chi connectivity index (χ3v) is 2.50. The highest BCUT2D eigenvalue weighted by Crippen LogP contribution is 1.98. The molecule has 0 aromatic carbocycles. The Morgan fingerprint density at radius 2 is 2.20 bits per heavy atom. The van der Waals surface area contributed by atoms with E-state index >= 15 is 0 Å². The minimum absolute atomic E-state index is 0.903. The molecule has 0 saturated carbocycles. The van der Waals surface area contributed by atoms with Crippen molar-refractivity contribution in [1.82, 2.24) is 10.2 Å². The number of hydrogen-bond donors (Lipinski definition) is 1. The van der Waals surface area contributed by atoms with Crippen molar-refractivity contribution in [2.45, 2.75) is 26.8 Å². The average molecular weight is 210 g/mol. The molecule has 0 saturated heterocycles. The zero-order valence-corrected chi connectivity index (χ0v) is 9.83. The lowest BCUT2D eigenvalue weighted by Crippen LogP contribution is -2.32. The second kappa shape index (κ2) is 7.49. The van der Waals surface area contributed by atoms with Gasteiger partial charge in [0.05, 0.1) is 12.5 Å². The Morgan fingerprint density at radius 3 is 2.80 bits per heavy atom. The third kappa shape index (κ3) is 5.00. The van der Waals surface area contributed by atoms with Crippen LogP contribution in [0.5, 0.6) is 0 Å². The third-order valence-electron chi connectivity index (χ3n) is 2.50. The summed E-state index contributed by atoms with van der Waals surface area (Å²) in [4.78, 5) is 2.46. The number of likely N-dealkylation sites (N-methyl/N-ethyl adjacent to an activating group) is 1. The van der Waals surface area contributed by atoms with E-state index in [4.69, 9.17) is 4.42 Å². The summed E-state index contributed by atoms with van der Waals surface area (Å²) < 4.78 is 5.00. The monoisotopic (exact) mass is 210 g/mol. The smallest absolute Gasteiger partial charge is 0.0947 e. The van der Waals surface area contributed by atoms with Gasteiger partial charge in [-0.2, -0.15) is 0 Å². The minimum Gasteiger partial charge on any atom is -0.472 e. The molecule has 1 heterocycles. The standard InChI is InChI=1S/C12H22N2O/c1-3-7-14(4-2)8-6-13-10-12-5-9-15-11-12/h5,9,11,13H,3-4,6-8,10H2,1-2H3. The Hall–Kier alpha value is -0.800. The van der Waals surface area contributed by atoms with Crippen LogP contribution in [0.1, 0.15) is 25.8 Å². The highest BCUT2D eigenvalue weighted by Gasteiger charge is 1.99. The Labute approximate surface area is 92.5 Å². The maximum absolute atomic E-state index is 5.00. The van der Waals surface area contributed by atoms with Crippen LogP contribution < -0.4 is 5.32 Å². The maximum atomic E-state index is 5.00. The van der Waals surface area contributed by atoms with Gasteiger partial charge in [0, 0.05) is 25.2 Å². The number of furan rings is 1. The van der Waals surface area contributed by atoms with Crippen molar-refractivity contribution in [2.75, 3.05) is 26.2 Å². The fraction of sp³-hybridized carbons (Fsp3) is 0.667. The molecule has 0 aliphatic heterocycles. The molecule has 0 fully saturated rings. The Morgan fingerprint density at radius 1 is 1.33 bits per heavy atom. The van der Waals surface area contributed by atoms with Gasteiger partial charge >= 0.3 is 0 Å². The summed E-state index contributed by atoms with van der Waals surface area (Å²) >= 11 is 0. The van der Waals surface area contributed by atoms with Gasteiger partial charge in [0.25, 0.3) is 0 Å². The molecule has 0 bridgehead atoms. The molecule has 0 spiro atoms. The van der Waals surface area contributed by atoms with E-state index in [1.807, 2.05) is 6.07 Å². The first-order chi connectivity index (χ1) is 7.36. The summed E-state index contributed by atoms with van der Waals surface area (Å²) in [5, 5.41) is 3.41. The van der Waals surface area contributed by atoms with E-state index in [1.54, 1.807) is 12.5 Å². The van der Waals surface area contributed by atoms with Crippen LogP contribution in [0.15, 0.2) is 23.0 Å². The van der Waals surface area contributed by atoms with Crippen molar-refractivity contribution in [1.29, 1.82) is 0 Å². The van der Waals surface area contributed by atoms with E-state index in [-0.39, 0.29) is 0 Å². The normalized spacial score (nSPS) is 11.1. The van der Waals surface area contributed by atoms with Gasteiger partial charge in [0.1, 0.15) is 0 Å². The van der Waals surface area contributed by atoms with E-state index in [2.05, 4.69) is 24.1 Å². The fourth-order valence-electron chi connectivity index (χ4n) is 1.61. The van der Waals surface area contributed by atoms with E-state index in [0.29, 0.717) is 0 Å². The van der Waals surface area contributed by atoms with E-state index in [0.717, 1.165) is 26.2 Å². The topological polar surface area (TPSA) is 28.4 Å². The van der Waals surface area contributed by atoms with Gasteiger partial charge in [-0.05, 0) is 25.6 Å². The van der Waals surface area contributed by atoms with Gasteiger partial charge in [-0.15, -0.1) is 0 Å². The molecule has 15 heavy (non-hydrogen) atoms. The molecular weight excluding hydrogens is 188 g/mol. The molecule has 1 aromatic rings. The van der Waals surface area contributed by atoms with Gasteiger partial charge < -0.3 is 14.6 Å². The Kier molecular flexibility index (Phi) is 6.12. The Bertz CT molecular complexity index is 234. The van der Waals surface area contributed by atoms with Gasteiger partial charge in [-0.25, -0.2) is 0 Å². The summed E-state index contributed by atoms with van der Waals surface area (Å²) in [6.07, 6.45) is 4.73. The maximum Gasteiger partial charge on any atom is 0.0947 e. The highest BCUT2D eigenvalue weighted by atomic mass is 16.3. The lowest BCUT2D eigenvalue weighted by molar-refractivity contribution is 0.287. The van der Waals surface area contributed by atoms with Crippen molar-refractivity contribution in [3.05, 3.63) is 24.2 Å². The number of nitrogens with zero attached hydrogens (tertiary/aromatic N) is 1. The lowest BCUT2D eigenvalue weighted by Gasteiger charge is -2.19. The molecule has 0 aliphatic carbocycles. The predicted octanol–water partition coefficient (Wildman–Crippen LogP) is 2.10. The van der Waals surface area contributed by atoms with E-state index in [9.17, 15) is 0 Å². The highest BCUT2D eigenvalue weighted by molar-refractivity contribution is 5.04. The largest absolute Gasteiger partial charge is 0.472 e. The van der Waals surface area contributed by atoms with Gasteiger partial charge in [-0.3, -0.25) is 0 Å². The van der Waals surface area contributed by atoms with Gasteiger partial charge in [0.15, 0.2) is 0 Å². The van der Waals surface area contributed by atoms with Crippen LogP contribution in [0.2, 0.25) is 0 Å². The zero-order chi connectivity index (χ0) is 10.9. The quantitative estimate of drug-likeness (QED) is 0.666. The Balaban J connectivity index is 2.05. The summed E-state index contributed by atoms with van der Waals surface area (Å²) in [7, 11) is 0. The number of rotatable bonds is 8. The molecule has 0 amide bonds. The predicted molar refractivity (Wildman–Crippen MR) is 62.8 cm³/mol. The summed E-state index contributed by atoms with van der Waals surface area (Å²) in [6.45, 7) is 9.85. The first-order valence-electron chi connectivity index (χ1n) is 5.81. The summed E-state index contributed by atoms with van der Waals surface area (Å²) in [5.74, 6) is 0.